The number of carbonyl (C=O) groups is 1. The minimum absolute atomic E-state index is 0.0913. The van der Waals surface area contributed by atoms with Gasteiger partial charge in [0.1, 0.15) is 18.1 Å². The Morgan fingerprint density at radius 1 is 1.08 bits per heavy atom. The summed E-state index contributed by atoms with van der Waals surface area (Å²) in [4.78, 5) is 12.0. The molecule has 1 N–H and O–H groups in total. The Bertz CT molecular complexity index is 870. The van der Waals surface area contributed by atoms with E-state index in [0.29, 0.717) is 0 Å². The van der Waals surface area contributed by atoms with Crippen LogP contribution in [0.5, 0.6) is 11.5 Å². The molecule has 2 rings (SSSR count). The number of rotatable bonds is 7. The Balaban J connectivity index is 2.18. The van der Waals surface area contributed by atoms with Gasteiger partial charge >= 0.3 is 6.09 Å². The van der Waals surface area contributed by atoms with E-state index in [1.807, 2.05) is 30.3 Å². The monoisotopic (exact) mass is 399 g/mol. The Morgan fingerprint density at radius 2 is 1.73 bits per heavy atom. The van der Waals surface area contributed by atoms with Gasteiger partial charge < -0.3 is 14.2 Å². The van der Waals surface area contributed by atoms with Gasteiger partial charge in [-0.15, -0.1) is 0 Å². The minimum Gasteiger partial charge on any atom is -0.496 e. The van der Waals surface area contributed by atoms with Crippen molar-refractivity contribution in [1.29, 1.82) is 0 Å². The van der Waals surface area contributed by atoms with Gasteiger partial charge in [0.05, 0.1) is 25.7 Å². The number of anilines is 1. The summed E-state index contributed by atoms with van der Waals surface area (Å²) in [6.07, 6.45) is -0.711. The first-order chi connectivity index (χ1) is 12.3. The van der Waals surface area contributed by atoms with Crippen LogP contribution in [0.4, 0.5) is 10.5 Å². The van der Waals surface area contributed by atoms with Gasteiger partial charge in [0, 0.05) is 22.3 Å². The van der Waals surface area contributed by atoms with Gasteiger partial charge in [-0.25, -0.2) is 13.2 Å². The van der Waals surface area contributed by atoms with Crippen LogP contribution < -0.4 is 14.8 Å². The van der Waals surface area contributed by atoms with E-state index in [-0.39, 0.29) is 29.4 Å². The van der Waals surface area contributed by atoms with Gasteiger partial charge in [0.15, 0.2) is 0 Å². The zero-order valence-electron chi connectivity index (χ0n) is 14.2. The molecule has 0 fully saturated rings. The maximum absolute atomic E-state index is 12.0. The SMILES string of the molecule is COc1cc(OC)c(NC(=O)OCc2ccccc2)cc1CS(=O)(=O)Cl. The lowest BCUT2D eigenvalue weighted by Crippen LogP contribution is -2.14. The quantitative estimate of drug-likeness (QED) is 0.716. The standard InChI is InChI=1S/C17H18ClNO6S/c1-23-15-9-16(24-2)14(8-13(15)11-26(18,21)22)19-17(20)25-10-12-6-4-3-5-7-12/h3-9H,10-11H2,1-2H3,(H,19,20). The first-order valence-electron chi connectivity index (χ1n) is 7.47. The highest BCUT2D eigenvalue weighted by Crippen LogP contribution is 2.34. The largest absolute Gasteiger partial charge is 0.496 e. The van der Waals surface area contributed by atoms with Gasteiger partial charge in [0.25, 0.3) is 0 Å². The van der Waals surface area contributed by atoms with Crippen molar-refractivity contribution in [2.45, 2.75) is 12.4 Å². The van der Waals surface area contributed by atoms with Crippen LogP contribution in [0.2, 0.25) is 0 Å². The second-order valence-corrected chi connectivity index (χ2v) is 8.01. The molecule has 0 aliphatic rings. The van der Waals surface area contributed by atoms with E-state index in [2.05, 4.69) is 5.32 Å². The molecule has 0 saturated heterocycles. The van der Waals surface area contributed by atoms with Crippen molar-refractivity contribution in [2.75, 3.05) is 19.5 Å². The molecule has 0 unspecified atom stereocenters. The molecule has 0 atom stereocenters. The van der Waals surface area contributed by atoms with Gasteiger partial charge in [-0.05, 0) is 11.6 Å². The molecule has 7 nitrogen and oxygen atoms in total. The fourth-order valence-corrected chi connectivity index (χ4v) is 3.18. The number of ether oxygens (including phenoxy) is 3. The van der Waals surface area contributed by atoms with Gasteiger partial charge in [-0.3, -0.25) is 5.32 Å². The molecule has 0 aromatic heterocycles. The van der Waals surface area contributed by atoms with Crippen LogP contribution in [-0.4, -0.2) is 28.7 Å². The van der Waals surface area contributed by atoms with Crippen LogP contribution >= 0.6 is 10.7 Å². The normalized spacial score (nSPS) is 10.9. The molecule has 2 aromatic rings. The topological polar surface area (TPSA) is 90.9 Å². The number of amides is 1. The minimum atomic E-state index is -3.81. The van der Waals surface area contributed by atoms with Crippen molar-refractivity contribution in [3.8, 4) is 11.5 Å². The molecule has 0 bridgehead atoms. The summed E-state index contributed by atoms with van der Waals surface area (Å²) in [7, 11) is 4.31. The summed E-state index contributed by atoms with van der Waals surface area (Å²) in [5.41, 5.74) is 1.35. The molecule has 26 heavy (non-hydrogen) atoms. The first kappa shape index (κ1) is 19.9. The van der Waals surface area contributed by atoms with Crippen molar-refractivity contribution >= 4 is 31.5 Å². The number of benzene rings is 2. The third-order valence-corrected chi connectivity index (χ3v) is 4.36. The summed E-state index contributed by atoms with van der Waals surface area (Å²) >= 11 is 0. The summed E-state index contributed by atoms with van der Waals surface area (Å²) < 4.78 is 38.3. The average molecular weight is 400 g/mol. The molecular weight excluding hydrogens is 382 g/mol. The smallest absolute Gasteiger partial charge is 0.412 e. The highest BCUT2D eigenvalue weighted by atomic mass is 35.7. The molecule has 1 amide bonds. The van der Waals surface area contributed by atoms with Crippen LogP contribution in [0.3, 0.4) is 0 Å². The Kier molecular flexibility index (Phi) is 6.70. The van der Waals surface area contributed by atoms with E-state index in [9.17, 15) is 13.2 Å². The maximum atomic E-state index is 12.0. The van der Waals surface area contributed by atoms with Crippen molar-refractivity contribution in [1.82, 2.24) is 0 Å². The Labute approximate surface area is 156 Å². The van der Waals surface area contributed by atoms with Crippen molar-refractivity contribution in [2.24, 2.45) is 0 Å². The molecule has 9 heteroatoms. The molecular formula is C17H18ClNO6S. The van der Waals surface area contributed by atoms with Crippen molar-refractivity contribution in [3.63, 3.8) is 0 Å². The summed E-state index contributed by atoms with van der Waals surface area (Å²) in [6, 6.07) is 12.1. The average Bonchev–Trinajstić information content (AvgIpc) is 2.60. The highest BCUT2D eigenvalue weighted by Gasteiger charge is 2.18. The molecule has 2 aromatic carbocycles. The molecule has 0 aliphatic carbocycles. The zero-order chi connectivity index (χ0) is 19.2. The van der Waals surface area contributed by atoms with Crippen LogP contribution in [0, 0.1) is 0 Å². The predicted molar refractivity (Wildman–Crippen MR) is 98.3 cm³/mol. The van der Waals surface area contributed by atoms with Crippen LogP contribution in [0.15, 0.2) is 42.5 Å². The molecule has 0 spiro atoms. The van der Waals surface area contributed by atoms with E-state index >= 15 is 0 Å². The van der Waals surface area contributed by atoms with E-state index in [1.54, 1.807) is 0 Å². The number of hydrogen-bond donors (Lipinski definition) is 1. The molecule has 0 radical (unpaired) electrons. The fourth-order valence-electron chi connectivity index (χ4n) is 2.23. The molecule has 0 saturated carbocycles. The molecule has 0 aliphatic heterocycles. The Hall–Kier alpha value is -2.45. The predicted octanol–water partition coefficient (Wildman–Crippen LogP) is 3.52. The number of methoxy groups -OCH3 is 2. The lowest BCUT2D eigenvalue weighted by molar-refractivity contribution is 0.155. The van der Waals surface area contributed by atoms with Gasteiger partial charge in [-0.2, -0.15) is 0 Å². The maximum Gasteiger partial charge on any atom is 0.412 e. The third-order valence-electron chi connectivity index (χ3n) is 3.38. The van der Waals surface area contributed by atoms with E-state index < -0.39 is 20.9 Å². The van der Waals surface area contributed by atoms with Crippen molar-refractivity contribution in [3.05, 3.63) is 53.6 Å². The van der Waals surface area contributed by atoms with Crippen LogP contribution in [0.1, 0.15) is 11.1 Å². The van der Waals surface area contributed by atoms with E-state index in [0.717, 1.165) is 5.56 Å². The summed E-state index contributed by atoms with van der Waals surface area (Å²) in [6.45, 7) is 0.0913. The van der Waals surface area contributed by atoms with Crippen LogP contribution in [0.25, 0.3) is 0 Å². The number of hydrogen-bond acceptors (Lipinski definition) is 6. The lowest BCUT2D eigenvalue weighted by Gasteiger charge is -2.15. The number of carbonyl (C=O) groups excluding carboxylic acids is 1. The second-order valence-electron chi connectivity index (χ2n) is 5.23. The van der Waals surface area contributed by atoms with Gasteiger partial charge in [-0.1, -0.05) is 30.3 Å². The van der Waals surface area contributed by atoms with Gasteiger partial charge in [0.2, 0.25) is 9.05 Å². The molecule has 140 valence electrons. The lowest BCUT2D eigenvalue weighted by atomic mass is 10.2. The zero-order valence-corrected chi connectivity index (χ0v) is 15.8. The van der Waals surface area contributed by atoms with Crippen molar-refractivity contribution < 1.29 is 27.4 Å². The summed E-state index contributed by atoms with van der Waals surface area (Å²) in [5.74, 6) is 0.0960. The number of nitrogens with one attached hydrogen (secondary N) is 1. The van der Waals surface area contributed by atoms with E-state index in [1.165, 1.54) is 26.4 Å². The van der Waals surface area contributed by atoms with Crippen LogP contribution in [-0.2, 0) is 26.1 Å². The summed E-state index contributed by atoms with van der Waals surface area (Å²) in [5, 5.41) is 2.53. The number of halogens is 1. The third kappa shape index (κ3) is 5.82. The highest BCUT2D eigenvalue weighted by molar-refractivity contribution is 8.13. The Morgan fingerprint density at radius 3 is 2.31 bits per heavy atom. The first-order valence-corrected chi connectivity index (χ1v) is 9.95. The second kappa shape index (κ2) is 8.77. The van der Waals surface area contributed by atoms with E-state index in [4.69, 9.17) is 24.9 Å². The fraction of sp³-hybridized carbons (Fsp3) is 0.235. The molecule has 0 heterocycles.